The fourth-order valence-corrected chi connectivity index (χ4v) is 5.88. The van der Waals surface area contributed by atoms with Crippen molar-refractivity contribution in [3.8, 4) is 0 Å². The Morgan fingerprint density at radius 1 is 0.970 bits per heavy atom. The monoisotopic (exact) mass is 519 g/mol. The Kier molecular flexibility index (Phi) is 8.53. The first kappa shape index (κ1) is 26.1. The molecule has 33 heavy (non-hydrogen) atoms. The Hall–Kier alpha value is -1.55. The molecule has 0 radical (unpaired) electrons. The molecular formula is C23H28ClF2NO4S2. The zero-order chi connectivity index (χ0) is 24.2. The summed E-state index contributed by atoms with van der Waals surface area (Å²) in [5, 5.41) is 0. The first-order valence-corrected chi connectivity index (χ1v) is 15.2. The lowest BCUT2D eigenvalue weighted by Gasteiger charge is -2.33. The second-order valence-corrected chi connectivity index (χ2v) is 13.6. The highest BCUT2D eigenvalue weighted by Crippen LogP contribution is 2.31. The summed E-state index contributed by atoms with van der Waals surface area (Å²) in [5.41, 5.74) is 1.29. The number of hydrogen-bond donors (Lipinski definition) is 0. The highest BCUT2D eigenvalue weighted by molar-refractivity contribution is 8.13. The molecule has 1 fully saturated rings. The van der Waals surface area contributed by atoms with E-state index in [2.05, 4.69) is 4.90 Å². The number of benzene rings is 2. The molecule has 182 valence electrons. The summed E-state index contributed by atoms with van der Waals surface area (Å²) in [5.74, 6) is -1.32. The highest BCUT2D eigenvalue weighted by Gasteiger charge is 2.23. The largest absolute Gasteiger partial charge is 0.303 e. The molecule has 0 saturated carbocycles. The van der Waals surface area contributed by atoms with Crippen LogP contribution in [0, 0.1) is 17.6 Å². The number of sulfone groups is 1. The van der Waals surface area contributed by atoms with E-state index in [1.807, 2.05) is 0 Å². The van der Waals surface area contributed by atoms with Crippen molar-refractivity contribution in [2.75, 3.05) is 31.6 Å². The van der Waals surface area contributed by atoms with Crippen molar-refractivity contribution in [1.82, 2.24) is 4.90 Å². The van der Waals surface area contributed by atoms with Gasteiger partial charge in [0.05, 0.1) is 10.6 Å². The molecule has 0 aliphatic carbocycles. The van der Waals surface area contributed by atoms with Crippen molar-refractivity contribution in [2.45, 2.75) is 36.5 Å². The maximum absolute atomic E-state index is 13.9. The van der Waals surface area contributed by atoms with Crippen LogP contribution in [0.15, 0.2) is 47.4 Å². The van der Waals surface area contributed by atoms with Gasteiger partial charge in [-0.05, 0) is 86.6 Å². The Bertz CT molecular complexity index is 1140. The molecule has 0 amide bonds. The molecule has 1 saturated heterocycles. The quantitative estimate of drug-likeness (QED) is 0.454. The summed E-state index contributed by atoms with van der Waals surface area (Å²) in [6.45, 7) is 2.31. The van der Waals surface area contributed by atoms with Crippen molar-refractivity contribution in [3.63, 3.8) is 0 Å². The van der Waals surface area contributed by atoms with Crippen LogP contribution in [0.5, 0.6) is 0 Å². The fraction of sp³-hybridized carbons (Fsp3) is 0.478. The predicted octanol–water partition coefficient (Wildman–Crippen LogP) is 4.56. The van der Waals surface area contributed by atoms with E-state index in [0.29, 0.717) is 30.9 Å². The summed E-state index contributed by atoms with van der Waals surface area (Å²) in [7, 11) is -1.51. The lowest BCUT2D eigenvalue weighted by atomic mass is 9.87. The van der Waals surface area contributed by atoms with Gasteiger partial charge in [0.2, 0.25) is 9.05 Å². The molecular weight excluding hydrogens is 492 g/mol. The van der Waals surface area contributed by atoms with Gasteiger partial charge in [0, 0.05) is 28.9 Å². The number of likely N-dealkylation sites (tertiary alicyclic amines) is 1. The molecule has 0 aromatic heterocycles. The van der Waals surface area contributed by atoms with Crippen LogP contribution in [0.2, 0.25) is 0 Å². The van der Waals surface area contributed by atoms with Crippen LogP contribution in [0.25, 0.3) is 0 Å². The first-order valence-electron chi connectivity index (χ1n) is 10.8. The fourth-order valence-electron chi connectivity index (χ4n) is 4.37. The zero-order valence-corrected chi connectivity index (χ0v) is 20.8. The predicted molar refractivity (Wildman–Crippen MR) is 126 cm³/mol. The third-order valence-electron chi connectivity index (χ3n) is 6.21. The Morgan fingerprint density at radius 3 is 2.06 bits per heavy atom. The zero-order valence-electron chi connectivity index (χ0n) is 18.4. The van der Waals surface area contributed by atoms with Gasteiger partial charge in [-0.2, -0.15) is 0 Å². The molecule has 1 heterocycles. The van der Waals surface area contributed by atoms with Gasteiger partial charge in [0.15, 0.2) is 9.84 Å². The molecule has 2 aromatic carbocycles. The van der Waals surface area contributed by atoms with Crippen molar-refractivity contribution >= 4 is 29.6 Å². The van der Waals surface area contributed by atoms with Crippen molar-refractivity contribution in [3.05, 3.63) is 65.2 Å². The van der Waals surface area contributed by atoms with E-state index in [1.54, 1.807) is 12.1 Å². The van der Waals surface area contributed by atoms with Crippen LogP contribution in [0.3, 0.4) is 0 Å². The van der Waals surface area contributed by atoms with Crippen molar-refractivity contribution in [1.29, 1.82) is 0 Å². The van der Waals surface area contributed by atoms with Gasteiger partial charge < -0.3 is 4.90 Å². The van der Waals surface area contributed by atoms with E-state index < -0.39 is 30.5 Å². The van der Waals surface area contributed by atoms with Crippen LogP contribution in [0.1, 0.15) is 42.7 Å². The third kappa shape index (κ3) is 8.02. The molecule has 0 N–H and O–H groups in total. The first-order chi connectivity index (χ1) is 15.4. The standard InChI is InChI=1S/C23H28ClF2NO4S2/c1-32(28,29)22-4-2-18(3-5-22)23(19-14-20(25)16-21(26)15-19)8-12-27-10-6-17(7-11-27)9-13-33(24,30)31/h2-5,14-17,23H,6-13H2,1H3. The van der Waals surface area contributed by atoms with E-state index in [0.717, 1.165) is 43.8 Å². The molecule has 1 aliphatic rings. The average Bonchev–Trinajstić information content (AvgIpc) is 2.72. The topological polar surface area (TPSA) is 71.5 Å². The number of halogens is 3. The molecule has 1 atom stereocenters. The van der Waals surface area contributed by atoms with Crippen molar-refractivity contribution in [2.24, 2.45) is 5.92 Å². The average molecular weight is 520 g/mol. The summed E-state index contributed by atoms with van der Waals surface area (Å²) < 4.78 is 73.8. The Balaban J connectivity index is 1.71. The molecule has 10 heteroatoms. The minimum Gasteiger partial charge on any atom is -0.303 e. The Labute approximate surface area is 199 Å². The molecule has 3 rings (SSSR count). The normalized spacial score (nSPS) is 17.2. The Morgan fingerprint density at radius 2 is 1.55 bits per heavy atom. The van der Waals surface area contributed by atoms with Gasteiger partial charge in [-0.25, -0.2) is 25.6 Å². The SMILES string of the molecule is CS(=O)(=O)c1ccc(C(CCN2CCC(CCS(=O)(=O)Cl)CC2)c2cc(F)cc(F)c2)cc1. The highest BCUT2D eigenvalue weighted by atomic mass is 35.7. The summed E-state index contributed by atoms with van der Waals surface area (Å²) >= 11 is 0. The molecule has 5 nitrogen and oxygen atoms in total. The minimum absolute atomic E-state index is 0.0179. The summed E-state index contributed by atoms with van der Waals surface area (Å²) in [6, 6.07) is 9.89. The number of rotatable bonds is 9. The van der Waals surface area contributed by atoms with Crippen LogP contribution >= 0.6 is 10.7 Å². The minimum atomic E-state index is -3.48. The second-order valence-electron chi connectivity index (χ2n) is 8.70. The van der Waals surface area contributed by atoms with Crippen molar-refractivity contribution < 1.29 is 25.6 Å². The smallest absolute Gasteiger partial charge is 0.232 e. The second kappa shape index (κ2) is 10.8. The van der Waals surface area contributed by atoms with Gasteiger partial charge in [-0.15, -0.1) is 0 Å². The maximum Gasteiger partial charge on any atom is 0.232 e. The number of nitrogens with zero attached hydrogens (tertiary/aromatic N) is 1. The van der Waals surface area contributed by atoms with Crippen LogP contribution in [0.4, 0.5) is 8.78 Å². The van der Waals surface area contributed by atoms with Gasteiger partial charge in [0.25, 0.3) is 0 Å². The van der Waals surface area contributed by atoms with Crippen LogP contribution in [-0.2, 0) is 18.9 Å². The number of hydrogen-bond acceptors (Lipinski definition) is 5. The molecule has 1 unspecified atom stereocenters. The van der Waals surface area contributed by atoms with E-state index in [9.17, 15) is 25.6 Å². The molecule has 2 aromatic rings. The molecule has 1 aliphatic heterocycles. The van der Waals surface area contributed by atoms with E-state index in [4.69, 9.17) is 10.7 Å². The lowest BCUT2D eigenvalue weighted by molar-refractivity contribution is 0.178. The summed E-state index contributed by atoms with van der Waals surface area (Å²) in [4.78, 5) is 2.45. The lowest BCUT2D eigenvalue weighted by Crippen LogP contribution is -2.35. The van der Waals surface area contributed by atoms with E-state index in [-0.39, 0.29) is 16.6 Å². The van der Waals surface area contributed by atoms with Gasteiger partial charge in [0.1, 0.15) is 11.6 Å². The maximum atomic E-state index is 13.9. The van der Waals surface area contributed by atoms with E-state index in [1.165, 1.54) is 24.3 Å². The third-order valence-corrected chi connectivity index (χ3v) is 8.52. The molecule has 0 bridgehead atoms. The van der Waals surface area contributed by atoms with Gasteiger partial charge in [-0.1, -0.05) is 12.1 Å². The van der Waals surface area contributed by atoms with Crippen LogP contribution in [-0.4, -0.2) is 53.4 Å². The van der Waals surface area contributed by atoms with E-state index >= 15 is 0 Å². The number of piperidine rings is 1. The van der Waals surface area contributed by atoms with Gasteiger partial charge >= 0.3 is 0 Å². The summed E-state index contributed by atoms with van der Waals surface area (Å²) in [6.07, 6.45) is 4.02. The van der Waals surface area contributed by atoms with Gasteiger partial charge in [-0.3, -0.25) is 0 Å². The molecule has 0 spiro atoms. The van der Waals surface area contributed by atoms with Crippen LogP contribution < -0.4 is 0 Å².